The fourth-order valence-electron chi connectivity index (χ4n) is 0.479. The third-order valence-electron chi connectivity index (χ3n) is 1.06. The summed E-state index contributed by atoms with van der Waals surface area (Å²) in [4.78, 5) is 10.2. The number of carboxylic acid groups (broad SMARTS) is 1. The number of carboxylic acids is 1. The van der Waals surface area contributed by atoms with Crippen molar-refractivity contribution in [2.24, 2.45) is 0 Å². The minimum atomic E-state index is -1.02. The Morgan fingerprint density at radius 3 is 2.42 bits per heavy atom. The van der Waals surface area contributed by atoms with Gasteiger partial charge in [0, 0.05) is 36.5 Å². The maximum Gasteiger partial charge on any atom is 0.323 e. The number of carbonyl (C=O) groups is 1. The summed E-state index contributed by atoms with van der Waals surface area (Å²) >= 11 is 1.55. The van der Waals surface area contributed by atoms with Crippen molar-refractivity contribution < 1.29 is 51.7 Å². The molecule has 0 aromatic carbocycles. The van der Waals surface area contributed by atoms with Crippen molar-refractivity contribution in [3.8, 4) is 0 Å². The Kier molecular flexibility index (Phi) is 18.4. The van der Waals surface area contributed by atoms with Gasteiger partial charge in [-0.15, -0.1) is 0 Å². The van der Waals surface area contributed by atoms with Crippen LogP contribution in [0.25, 0.3) is 0 Å². The van der Waals surface area contributed by atoms with Crippen LogP contribution >= 0.6 is 11.8 Å². The number of nitrogens with one attached hydrogen (secondary N) is 1. The summed E-state index contributed by atoms with van der Waals surface area (Å²) < 4.78 is 0. The van der Waals surface area contributed by atoms with Crippen LogP contribution in [0.15, 0.2) is 0 Å². The van der Waals surface area contributed by atoms with Crippen LogP contribution in [-0.2, 0) is 41.3 Å². The molecule has 0 fully saturated rings. The van der Waals surface area contributed by atoms with Crippen molar-refractivity contribution >= 4 is 17.7 Å². The van der Waals surface area contributed by atoms with Gasteiger partial charge in [-0.2, -0.15) is 17.2 Å². The molecule has 0 aliphatic heterocycles. The summed E-state index contributed by atoms with van der Waals surface area (Å²) in [6.45, 7) is 0. The molecule has 0 radical (unpaired) electrons. The van der Waals surface area contributed by atoms with Crippen LogP contribution in [0, 0.1) is 0 Å². The second-order valence-corrected chi connectivity index (χ2v) is 2.79. The molecule has 0 saturated carbocycles. The second-order valence-electron chi connectivity index (χ2n) is 1.80. The van der Waals surface area contributed by atoms with Crippen LogP contribution in [0.2, 0.25) is 0 Å². The van der Waals surface area contributed by atoms with Crippen molar-refractivity contribution in [1.29, 1.82) is 0 Å². The van der Waals surface area contributed by atoms with Gasteiger partial charge in [0.2, 0.25) is 0 Å². The molecule has 0 amide bonds. The summed E-state index contributed by atoms with van der Waals surface area (Å²) in [7, 11) is 0. The quantitative estimate of drug-likeness (QED) is 0.496. The van der Waals surface area contributed by atoms with E-state index < -0.39 is 12.0 Å². The fraction of sp³-hybridized carbons (Fsp3) is 0.800. The summed E-state index contributed by atoms with van der Waals surface area (Å²) in [5, 5.41) is 16.7. The smallest absolute Gasteiger partial charge is 0.323 e. The first-order valence-corrected chi connectivity index (χ1v) is 4.23. The zero-order valence-electron chi connectivity index (χ0n) is 6.76. The van der Waals surface area contributed by atoms with Gasteiger partial charge in [-0.1, -0.05) is 0 Å². The molecule has 0 heterocycles. The number of hydrogen-bond acceptors (Lipinski definition) is 4. The molecule has 0 aromatic heterocycles. The van der Waals surface area contributed by atoms with Gasteiger partial charge in [0.15, 0.2) is 0 Å². The maximum atomic E-state index is 10.2. The Bertz CT molecular complexity index is 119. The first kappa shape index (κ1) is 18.6. The number of aliphatic carboxylic acids is 1. The first-order chi connectivity index (χ1) is 4.72. The molecule has 7 heteroatoms. The van der Waals surface area contributed by atoms with E-state index in [2.05, 4.69) is 0 Å². The molecule has 1 atom stereocenters. The first-order valence-electron chi connectivity index (χ1n) is 2.83. The molecule has 0 spiro atoms. The van der Waals surface area contributed by atoms with E-state index in [1.165, 1.54) is 0 Å². The number of rotatable bonds is 5. The Balaban J connectivity index is -0.000000405. The van der Waals surface area contributed by atoms with Crippen LogP contribution < -0.4 is 5.48 Å². The van der Waals surface area contributed by atoms with Crippen LogP contribution in [0.1, 0.15) is 6.42 Å². The van der Waals surface area contributed by atoms with Gasteiger partial charge in [0.25, 0.3) is 0 Å². The van der Waals surface area contributed by atoms with Crippen molar-refractivity contribution in [1.82, 2.24) is 5.48 Å². The minimum absolute atomic E-state index is 0. The summed E-state index contributed by atoms with van der Waals surface area (Å²) in [6.07, 6.45) is 2.32. The molecular weight excluding hydrogens is 275 g/mol. The van der Waals surface area contributed by atoms with E-state index in [0.29, 0.717) is 6.42 Å². The maximum absolute atomic E-state index is 10.2. The van der Waals surface area contributed by atoms with Crippen molar-refractivity contribution in [2.75, 3.05) is 12.0 Å². The van der Waals surface area contributed by atoms with Gasteiger partial charge in [0.1, 0.15) is 6.04 Å². The third kappa shape index (κ3) is 8.97. The molecule has 0 aromatic rings. The topological polar surface area (TPSA) is 69.6 Å². The van der Waals surface area contributed by atoms with Crippen molar-refractivity contribution in [3.05, 3.63) is 0 Å². The molecule has 0 rings (SSSR count). The molecule has 0 aliphatic carbocycles. The Labute approximate surface area is 99.1 Å². The van der Waals surface area contributed by atoms with Gasteiger partial charge in [-0.25, -0.2) is 0 Å². The number of hydrogen-bond donors (Lipinski definition) is 3. The summed E-state index contributed by atoms with van der Waals surface area (Å²) in [5.41, 5.74) is 1.72. The van der Waals surface area contributed by atoms with Crippen LogP contribution in [0.5, 0.6) is 0 Å². The van der Waals surface area contributed by atoms with Crippen LogP contribution in [-0.4, -0.2) is 34.3 Å². The summed E-state index contributed by atoms with van der Waals surface area (Å²) in [5.74, 6) is -0.290. The van der Waals surface area contributed by atoms with Gasteiger partial charge in [-0.05, 0) is 18.4 Å². The second kappa shape index (κ2) is 11.9. The van der Waals surface area contributed by atoms with Crippen LogP contribution in [0.3, 0.4) is 0 Å². The van der Waals surface area contributed by atoms with E-state index in [-0.39, 0.29) is 36.5 Å². The zero-order valence-corrected chi connectivity index (χ0v) is 11.7. The predicted molar refractivity (Wildman–Crippen MR) is 39.3 cm³/mol. The van der Waals surface area contributed by atoms with E-state index in [0.717, 1.165) is 5.75 Å². The van der Waals surface area contributed by atoms with E-state index in [4.69, 9.17) is 10.3 Å². The van der Waals surface area contributed by atoms with Gasteiger partial charge in [-0.3, -0.25) is 4.79 Å². The van der Waals surface area contributed by atoms with E-state index >= 15 is 0 Å². The average Bonchev–Trinajstić information content (AvgIpc) is 1.89. The van der Waals surface area contributed by atoms with Crippen molar-refractivity contribution in [2.45, 2.75) is 12.5 Å². The standard InChI is InChI=1S/C5H11NO3S.Fe.Zn/c1-10-3-2-4(6-9)5(7)8;;/h4,6,9H,2-3H2,1H3,(H,7,8);;. The summed E-state index contributed by atoms with van der Waals surface area (Å²) in [6, 6.07) is -0.826. The van der Waals surface area contributed by atoms with E-state index in [1.54, 1.807) is 17.2 Å². The normalized spacial score (nSPS) is 10.8. The average molecular weight is 286 g/mol. The molecule has 12 heavy (non-hydrogen) atoms. The van der Waals surface area contributed by atoms with Gasteiger partial charge >= 0.3 is 5.97 Å². The molecule has 4 nitrogen and oxygen atoms in total. The molecule has 0 aliphatic rings. The molecule has 0 saturated heterocycles. The van der Waals surface area contributed by atoms with Crippen LogP contribution in [0.4, 0.5) is 0 Å². The largest absolute Gasteiger partial charge is 0.480 e. The third-order valence-corrected chi connectivity index (χ3v) is 1.71. The molecular formula is C5H11FeNO3SZn. The molecule has 70 valence electrons. The zero-order chi connectivity index (χ0) is 7.98. The molecule has 0 bridgehead atoms. The van der Waals surface area contributed by atoms with E-state index in [1.807, 2.05) is 6.26 Å². The Morgan fingerprint density at radius 1 is 1.67 bits per heavy atom. The van der Waals surface area contributed by atoms with Gasteiger partial charge in [0.05, 0.1) is 0 Å². The number of hydroxylamine groups is 1. The number of thioether (sulfide) groups is 1. The molecule has 3 N–H and O–H groups in total. The molecule has 1 unspecified atom stereocenters. The van der Waals surface area contributed by atoms with Gasteiger partial charge < -0.3 is 10.3 Å². The fourth-order valence-corrected chi connectivity index (χ4v) is 0.950. The van der Waals surface area contributed by atoms with E-state index in [9.17, 15) is 4.79 Å². The predicted octanol–water partition coefficient (Wildman–Crippen LogP) is 0.167. The Hall–Kier alpha value is 0.883. The SMILES string of the molecule is CSCCC(NO)C(=O)O.[Fe].[Zn]. The monoisotopic (exact) mass is 285 g/mol. The Morgan fingerprint density at radius 2 is 2.17 bits per heavy atom. The minimum Gasteiger partial charge on any atom is -0.480 e. The van der Waals surface area contributed by atoms with Crippen molar-refractivity contribution in [3.63, 3.8) is 0 Å².